The van der Waals surface area contributed by atoms with Gasteiger partial charge in [-0.3, -0.25) is 9.36 Å². The van der Waals surface area contributed by atoms with Crippen molar-refractivity contribution in [2.45, 2.75) is 58.3 Å². The molecule has 0 aliphatic rings. The summed E-state index contributed by atoms with van der Waals surface area (Å²) in [6.45, 7) is 4.27. The van der Waals surface area contributed by atoms with Crippen molar-refractivity contribution in [3.05, 3.63) is 77.7 Å². The second kappa shape index (κ2) is 11.8. The number of aromatic nitrogens is 2. The summed E-state index contributed by atoms with van der Waals surface area (Å²) in [5.41, 5.74) is 3.43. The maximum Gasteiger partial charge on any atom is 0.240 e. The molecule has 0 bridgehead atoms. The molecule has 4 rings (SSSR count). The van der Waals surface area contributed by atoms with E-state index in [0.717, 1.165) is 44.1 Å². The minimum absolute atomic E-state index is 0.0147. The van der Waals surface area contributed by atoms with Crippen LogP contribution in [-0.4, -0.2) is 32.8 Å². The van der Waals surface area contributed by atoms with Crippen LogP contribution in [0.25, 0.3) is 16.9 Å². The lowest BCUT2D eigenvalue weighted by atomic mass is 9.88. The molecule has 0 radical (unpaired) electrons. The number of unbranched alkanes of at least 4 members (excludes halogenated alkanes) is 2. The SMILES string of the molecule is CCCCC(CCCC)c1c(C(=O)c2ccc(OC)cc2)c(O)c(O)n1-c1ccc(-c2ccon2)cc1. The molecule has 2 aromatic heterocycles. The van der Waals surface area contributed by atoms with Gasteiger partial charge < -0.3 is 19.5 Å². The minimum atomic E-state index is -0.394. The number of ether oxygens (including phenoxy) is 1. The Morgan fingerprint density at radius 3 is 2.16 bits per heavy atom. The van der Waals surface area contributed by atoms with Gasteiger partial charge in [-0.25, -0.2) is 0 Å². The lowest BCUT2D eigenvalue weighted by molar-refractivity contribution is 0.103. The van der Waals surface area contributed by atoms with Gasteiger partial charge in [0.05, 0.1) is 12.7 Å². The summed E-state index contributed by atoms with van der Waals surface area (Å²) in [6, 6.07) is 16.0. The fourth-order valence-electron chi connectivity index (χ4n) is 4.79. The van der Waals surface area contributed by atoms with Crippen molar-refractivity contribution in [1.82, 2.24) is 9.72 Å². The van der Waals surface area contributed by atoms with Crippen LogP contribution in [0.4, 0.5) is 0 Å². The van der Waals surface area contributed by atoms with E-state index >= 15 is 0 Å². The Kier molecular flexibility index (Phi) is 8.33. The monoisotopic (exact) mass is 502 g/mol. The second-order valence-corrected chi connectivity index (χ2v) is 9.24. The van der Waals surface area contributed by atoms with Gasteiger partial charge in [-0.05, 0) is 49.2 Å². The number of benzene rings is 2. The molecule has 0 unspecified atom stereocenters. The normalized spacial score (nSPS) is 11.2. The Morgan fingerprint density at radius 2 is 1.62 bits per heavy atom. The van der Waals surface area contributed by atoms with Crippen molar-refractivity contribution >= 4 is 5.78 Å². The van der Waals surface area contributed by atoms with Gasteiger partial charge in [-0.15, -0.1) is 0 Å². The molecule has 0 amide bonds. The zero-order chi connectivity index (χ0) is 26.4. The zero-order valence-corrected chi connectivity index (χ0v) is 21.6. The van der Waals surface area contributed by atoms with E-state index in [9.17, 15) is 15.0 Å². The van der Waals surface area contributed by atoms with Crippen LogP contribution >= 0.6 is 0 Å². The number of carbonyl (C=O) groups excluding carboxylic acids is 1. The highest BCUT2D eigenvalue weighted by atomic mass is 16.5. The first kappa shape index (κ1) is 26.1. The maximum atomic E-state index is 13.8. The van der Waals surface area contributed by atoms with E-state index in [0.29, 0.717) is 28.4 Å². The molecule has 7 heteroatoms. The largest absolute Gasteiger partial charge is 0.503 e. The van der Waals surface area contributed by atoms with Gasteiger partial charge in [0.15, 0.2) is 11.5 Å². The quantitative estimate of drug-likeness (QED) is 0.198. The number of carbonyl (C=O) groups is 1. The van der Waals surface area contributed by atoms with Crippen LogP contribution in [0.3, 0.4) is 0 Å². The Bertz CT molecular complexity index is 1300. The van der Waals surface area contributed by atoms with Crippen molar-refractivity contribution < 1.29 is 24.3 Å². The van der Waals surface area contributed by atoms with E-state index < -0.39 is 5.75 Å². The molecule has 0 aliphatic heterocycles. The molecule has 4 aromatic rings. The Morgan fingerprint density at radius 1 is 0.973 bits per heavy atom. The molecule has 0 spiro atoms. The Hall–Kier alpha value is -4.00. The van der Waals surface area contributed by atoms with Gasteiger partial charge in [0, 0.05) is 34.5 Å². The minimum Gasteiger partial charge on any atom is -0.503 e. The summed E-state index contributed by atoms with van der Waals surface area (Å²) in [5.74, 6) is -0.439. The second-order valence-electron chi connectivity index (χ2n) is 9.24. The molecule has 0 saturated heterocycles. The van der Waals surface area contributed by atoms with Crippen molar-refractivity contribution in [3.8, 4) is 34.3 Å². The Labute approximate surface area is 217 Å². The number of ketones is 1. The van der Waals surface area contributed by atoms with Crippen LogP contribution in [0, 0.1) is 0 Å². The number of nitrogens with zero attached hydrogens (tertiary/aromatic N) is 2. The highest BCUT2D eigenvalue weighted by Gasteiger charge is 2.32. The predicted octanol–water partition coefficient (Wildman–Crippen LogP) is 7.25. The van der Waals surface area contributed by atoms with Gasteiger partial charge in [0.1, 0.15) is 17.7 Å². The summed E-state index contributed by atoms with van der Waals surface area (Å²) in [4.78, 5) is 13.8. The average Bonchev–Trinajstić information content (AvgIpc) is 3.56. The zero-order valence-electron chi connectivity index (χ0n) is 21.6. The molecule has 0 saturated carbocycles. The van der Waals surface area contributed by atoms with E-state index in [1.807, 2.05) is 24.3 Å². The van der Waals surface area contributed by atoms with Crippen molar-refractivity contribution in [3.63, 3.8) is 0 Å². The van der Waals surface area contributed by atoms with Crippen molar-refractivity contribution in [2.75, 3.05) is 7.11 Å². The third kappa shape index (κ3) is 5.40. The molecule has 0 aliphatic carbocycles. The molecule has 0 fully saturated rings. The predicted molar refractivity (Wildman–Crippen MR) is 143 cm³/mol. The molecule has 0 atom stereocenters. The molecule has 2 heterocycles. The molecular formula is C30H34N2O5. The molecule has 2 aromatic carbocycles. The number of methoxy groups -OCH3 is 1. The van der Waals surface area contributed by atoms with Crippen LogP contribution in [0.1, 0.15) is 79.9 Å². The lowest BCUT2D eigenvalue weighted by Gasteiger charge is -2.21. The number of aromatic hydroxyl groups is 2. The fourth-order valence-corrected chi connectivity index (χ4v) is 4.79. The van der Waals surface area contributed by atoms with E-state index in [4.69, 9.17) is 9.26 Å². The third-order valence-corrected chi connectivity index (χ3v) is 6.79. The van der Waals surface area contributed by atoms with Gasteiger partial charge in [-0.1, -0.05) is 56.8 Å². The van der Waals surface area contributed by atoms with Crippen molar-refractivity contribution in [1.29, 1.82) is 0 Å². The topological polar surface area (TPSA) is 97.7 Å². The van der Waals surface area contributed by atoms with E-state index in [-0.39, 0.29) is 23.1 Å². The standard InChI is InChI=1S/C30H34N2O5/c1-4-6-8-21(9-7-5-2)27-26(28(33)22-12-16-24(36-3)17-13-22)29(34)30(35)32(27)23-14-10-20(11-15-23)25-18-19-37-31-25/h10-19,21,34-35H,4-9H2,1-3H3. The number of rotatable bonds is 12. The summed E-state index contributed by atoms with van der Waals surface area (Å²) in [5, 5.41) is 26.3. The first-order chi connectivity index (χ1) is 18.0. The van der Waals surface area contributed by atoms with E-state index in [1.165, 1.54) is 6.26 Å². The highest BCUT2D eigenvalue weighted by molar-refractivity contribution is 6.12. The number of hydrogen-bond acceptors (Lipinski definition) is 6. The van der Waals surface area contributed by atoms with Gasteiger partial charge in [0.2, 0.25) is 5.88 Å². The van der Waals surface area contributed by atoms with Crippen molar-refractivity contribution in [2.24, 2.45) is 0 Å². The summed E-state index contributed by atoms with van der Waals surface area (Å²) in [6.07, 6.45) is 7.18. The highest BCUT2D eigenvalue weighted by Crippen LogP contribution is 2.45. The lowest BCUT2D eigenvalue weighted by Crippen LogP contribution is -2.13. The molecule has 7 nitrogen and oxygen atoms in total. The van der Waals surface area contributed by atoms with Gasteiger partial charge in [-0.2, -0.15) is 0 Å². The van der Waals surface area contributed by atoms with Crippen LogP contribution in [0.2, 0.25) is 0 Å². The molecule has 37 heavy (non-hydrogen) atoms. The van der Waals surface area contributed by atoms with Gasteiger partial charge >= 0.3 is 0 Å². The summed E-state index contributed by atoms with van der Waals surface area (Å²) < 4.78 is 11.8. The third-order valence-electron chi connectivity index (χ3n) is 6.79. The Balaban J connectivity index is 1.87. The maximum absolute atomic E-state index is 13.8. The first-order valence-corrected chi connectivity index (χ1v) is 12.9. The molecule has 2 N–H and O–H groups in total. The van der Waals surface area contributed by atoms with E-state index in [2.05, 4.69) is 19.0 Å². The number of hydrogen-bond donors (Lipinski definition) is 2. The molecule has 194 valence electrons. The van der Waals surface area contributed by atoms with Gasteiger partial charge in [0.25, 0.3) is 0 Å². The van der Waals surface area contributed by atoms with Crippen LogP contribution in [0.5, 0.6) is 17.4 Å². The molecular weight excluding hydrogens is 468 g/mol. The van der Waals surface area contributed by atoms with Crippen LogP contribution < -0.4 is 4.74 Å². The van der Waals surface area contributed by atoms with Crippen LogP contribution in [-0.2, 0) is 0 Å². The van der Waals surface area contributed by atoms with E-state index in [1.54, 1.807) is 42.0 Å². The summed E-state index contributed by atoms with van der Waals surface area (Å²) in [7, 11) is 1.57. The van der Waals surface area contributed by atoms with Crippen LogP contribution in [0.15, 0.2) is 65.4 Å². The smallest absolute Gasteiger partial charge is 0.240 e. The average molecular weight is 503 g/mol. The summed E-state index contributed by atoms with van der Waals surface area (Å²) >= 11 is 0. The fraction of sp³-hybridized carbons (Fsp3) is 0.333. The first-order valence-electron chi connectivity index (χ1n) is 12.9.